The van der Waals surface area contributed by atoms with Gasteiger partial charge in [-0.3, -0.25) is 14.5 Å². The third kappa shape index (κ3) is 4.07. The second-order valence-corrected chi connectivity index (χ2v) is 7.31. The molecule has 136 valence electrons. The van der Waals surface area contributed by atoms with Crippen LogP contribution in [0.3, 0.4) is 0 Å². The van der Waals surface area contributed by atoms with E-state index in [-0.39, 0.29) is 11.8 Å². The molecule has 1 atom stereocenters. The molecule has 3 rings (SSSR count). The zero-order chi connectivity index (χ0) is 17.0. The van der Waals surface area contributed by atoms with Gasteiger partial charge in [-0.1, -0.05) is 0 Å². The largest absolute Gasteiger partial charge is 0.383 e. The van der Waals surface area contributed by atoms with Crippen molar-refractivity contribution in [3.8, 4) is 0 Å². The topological polar surface area (TPSA) is 73.9 Å². The van der Waals surface area contributed by atoms with Crippen molar-refractivity contribution in [1.82, 2.24) is 20.4 Å². The number of carbonyl (C=O) groups excluding carboxylic acids is 2. The molecule has 24 heavy (non-hydrogen) atoms. The van der Waals surface area contributed by atoms with Crippen LogP contribution in [0.15, 0.2) is 0 Å². The molecule has 0 aromatic heterocycles. The van der Waals surface area contributed by atoms with Gasteiger partial charge in [0.2, 0.25) is 11.8 Å². The SMILES string of the molecule is COCCNC(=O)CN1CCN(C(=O)C2CC23CCNCC3)CC1. The molecule has 3 aliphatic rings. The third-order valence-corrected chi connectivity index (χ3v) is 5.77. The van der Waals surface area contributed by atoms with Crippen molar-refractivity contribution in [2.45, 2.75) is 19.3 Å². The molecule has 1 spiro atoms. The number of rotatable bonds is 6. The van der Waals surface area contributed by atoms with E-state index in [4.69, 9.17) is 4.74 Å². The standard InChI is InChI=1S/C17H30N4O3/c1-24-11-6-19-15(22)13-20-7-9-21(10-8-20)16(23)14-12-17(14)2-4-18-5-3-17/h14,18H,2-13H2,1H3,(H,19,22). The first kappa shape index (κ1) is 17.6. The number of piperidine rings is 1. The van der Waals surface area contributed by atoms with Crippen LogP contribution in [0.2, 0.25) is 0 Å². The van der Waals surface area contributed by atoms with Crippen molar-refractivity contribution in [1.29, 1.82) is 0 Å². The van der Waals surface area contributed by atoms with Gasteiger partial charge in [0.15, 0.2) is 0 Å². The fourth-order valence-electron chi connectivity index (χ4n) is 4.07. The molecular weight excluding hydrogens is 308 g/mol. The Kier molecular flexibility index (Phi) is 5.73. The Bertz CT molecular complexity index is 457. The highest BCUT2D eigenvalue weighted by molar-refractivity contribution is 5.83. The highest BCUT2D eigenvalue weighted by atomic mass is 16.5. The number of hydrogen-bond donors (Lipinski definition) is 2. The molecule has 1 aliphatic carbocycles. The van der Waals surface area contributed by atoms with Gasteiger partial charge in [0.25, 0.3) is 0 Å². The minimum absolute atomic E-state index is 0.0303. The van der Waals surface area contributed by atoms with Crippen molar-refractivity contribution in [2.24, 2.45) is 11.3 Å². The van der Waals surface area contributed by atoms with Crippen LogP contribution in [-0.4, -0.2) is 87.7 Å². The molecule has 1 unspecified atom stereocenters. The number of carbonyl (C=O) groups is 2. The molecule has 2 aliphatic heterocycles. The fraction of sp³-hybridized carbons (Fsp3) is 0.882. The molecule has 2 N–H and O–H groups in total. The maximum atomic E-state index is 12.7. The van der Waals surface area contributed by atoms with Gasteiger partial charge in [-0.05, 0) is 37.8 Å². The lowest BCUT2D eigenvalue weighted by molar-refractivity contribution is -0.135. The van der Waals surface area contributed by atoms with Crippen molar-refractivity contribution >= 4 is 11.8 Å². The Balaban J connectivity index is 1.38. The number of piperazine rings is 1. The molecular formula is C17H30N4O3. The van der Waals surface area contributed by atoms with Gasteiger partial charge in [-0.25, -0.2) is 0 Å². The van der Waals surface area contributed by atoms with Gasteiger partial charge < -0.3 is 20.3 Å². The lowest BCUT2D eigenvalue weighted by Gasteiger charge is -2.35. The maximum Gasteiger partial charge on any atom is 0.234 e. The summed E-state index contributed by atoms with van der Waals surface area (Å²) in [6, 6.07) is 0. The number of hydrogen-bond acceptors (Lipinski definition) is 5. The summed E-state index contributed by atoms with van der Waals surface area (Å²) in [5, 5.41) is 6.22. The third-order valence-electron chi connectivity index (χ3n) is 5.77. The van der Waals surface area contributed by atoms with Crippen LogP contribution in [0, 0.1) is 11.3 Å². The minimum Gasteiger partial charge on any atom is -0.383 e. The zero-order valence-corrected chi connectivity index (χ0v) is 14.7. The van der Waals surface area contributed by atoms with Gasteiger partial charge in [-0.15, -0.1) is 0 Å². The molecule has 7 heteroatoms. The Morgan fingerprint density at radius 3 is 2.58 bits per heavy atom. The smallest absolute Gasteiger partial charge is 0.234 e. The number of nitrogens with zero attached hydrogens (tertiary/aromatic N) is 2. The summed E-state index contributed by atoms with van der Waals surface area (Å²) >= 11 is 0. The fourth-order valence-corrected chi connectivity index (χ4v) is 4.07. The Morgan fingerprint density at radius 1 is 1.21 bits per heavy atom. The molecule has 1 saturated carbocycles. The first-order valence-electron chi connectivity index (χ1n) is 9.12. The van der Waals surface area contributed by atoms with Crippen LogP contribution in [-0.2, 0) is 14.3 Å². The molecule has 2 heterocycles. The number of ether oxygens (including phenoxy) is 1. The predicted molar refractivity (Wildman–Crippen MR) is 90.5 cm³/mol. The second-order valence-electron chi connectivity index (χ2n) is 7.31. The van der Waals surface area contributed by atoms with Crippen molar-refractivity contribution in [3.05, 3.63) is 0 Å². The highest BCUT2D eigenvalue weighted by Gasteiger charge is 2.58. The normalized spacial score (nSPS) is 26.4. The summed E-state index contributed by atoms with van der Waals surface area (Å²) in [5.74, 6) is 0.632. The van der Waals surface area contributed by atoms with Crippen LogP contribution >= 0.6 is 0 Å². The van der Waals surface area contributed by atoms with Crippen molar-refractivity contribution < 1.29 is 14.3 Å². The molecule has 0 aromatic carbocycles. The van der Waals surface area contributed by atoms with E-state index >= 15 is 0 Å². The Morgan fingerprint density at radius 2 is 1.92 bits per heavy atom. The number of nitrogens with one attached hydrogen (secondary N) is 2. The van der Waals surface area contributed by atoms with E-state index in [1.807, 2.05) is 4.90 Å². The summed E-state index contributed by atoms with van der Waals surface area (Å²) in [6.07, 6.45) is 3.37. The second kappa shape index (κ2) is 7.80. The molecule has 0 radical (unpaired) electrons. The maximum absolute atomic E-state index is 12.7. The van der Waals surface area contributed by atoms with Gasteiger partial charge in [0.1, 0.15) is 0 Å². The van der Waals surface area contributed by atoms with Gasteiger partial charge >= 0.3 is 0 Å². The van der Waals surface area contributed by atoms with Crippen LogP contribution in [0.1, 0.15) is 19.3 Å². The summed E-state index contributed by atoms with van der Waals surface area (Å²) < 4.78 is 4.92. The van der Waals surface area contributed by atoms with E-state index < -0.39 is 0 Å². The summed E-state index contributed by atoms with van der Waals surface area (Å²) in [7, 11) is 1.62. The molecule has 2 amide bonds. The van der Waals surface area contributed by atoms with Gasteiger partial charge in [0.05, 0.1) is 13.2 Å². The van der Waals surface area contributed by atoms with Crippen LogP contribution < -0.4 is 10.6 Å². The van der Waals surface area contributed by atoms with E-state index in [0.29, 0.717) is 31.0 Å². The highest BCUT2D eigenvalue weighted by Crippen LogP contribution is 2.59. The average molecular weight is 338 g/mol. The molecule has 0 aromatic rings. The molecule has 0 bridgehead atoms. The van der Waals surface area contributed by atoms with E-state index in [0.717, 1.165) is 58.5 Å². The van der Waals surface area contributed by atoms with Crippen molar-refractivity contribution in [2.75, 3.05) is 66.1 Å². The molecule has 2 saturated heterocycles. The van der Waals surface area contributed by atoms with Gasteiger partial charge in [0, 0.05) is 45.8 Å². The summed E-state index contributed by atoms with van der Waals surface area (Å²) in [4.78, 5) is 28.7. The summed E-state index contributed by atoms with van der Waals surface area (Å²) in [6.45, 7) is 6.65. The van der Waals surface area contributed by atoms with Gasteiger partial charge in [-0.2, -0.15) is 0 Å². The van der Waals surface area contributed by atoms with E-state index in [2.05, 4.69) is 15.5 Å². The van der Waals surface area contributed by atoms with Crippen molar-refractivity contribution in [3.63, 3.8) is 0 Å². The first-order chi connectivity index (χ1) is 11.6. The number of amides is 2. The van der Waals surface area contributed by atoms with Crippen LogP contribution in [0.25, 0.3) is 0 Å². The Labute approximate surface area is 144 Å². The predicted octanol–water partition coefficient (Wildman–Crippen LogP) is -0.717. The first-order valence-corrected chi connectivity index (χ1v) is 9.12. The summed E-state index contributed by atoms with van der Waals surface area (Å²) in [5.41, 5.74) is 0.306. The van der Waals surface area contributed by atoms with Crippen LogP contribution in [0.5, 0.6) is 0 Å². The van der Waals surface area contributed by atoms with E-state index in [9.17, 15) is 9.59 Å². The minimum atomic E-state index is 0.0303. The number of methoxy groups -OCH3 is 1. The molecule has 3 fully saturated rings. The average Bonchev–Trinajstić information content (AvgIpc) is 3.28. The van der Waals surface area contributed by atoms with E-state index in [1.165, 1.54) is 0 Å². The Hall–Kier alpha value is -1.18. The van der Waals surface area contributed by atoms with Crippen LogP contribution in [0.4, 0.5) is 0 Å². The lowest BCUT2D eigenvalue weighted by atomic mass is 9.91. The lowest BCUT2D eigenvalue weighted by Crippen LogP contribution is -2.52. The van der Waals surface area contributed by atoms with E-state index in [1.54, 1.807) is 7.11 Å². The monoisotopic (exact) mass is 338 g/mol. The quantitative estimate of drug-likeness (QED) is 0.626. The molecule has 7 nitrogen and oxygen atoms in total. The zero-order valence-electron chi connectivity index (χ0n) is 14.7.